The Balaban J connectivity index is 0.000000396. The Labute approximate surface area is 115 Å². The van der Waals surface area contributed by atoms with Gasteiger partial charge in [0.2, 0.25) is 0 Å². The van der Waals surface area contributed by atoms with Crippen LogP contribution in [-0.2, 0) is 4.74 Å². The zero-order chi connectivity index (χ0) is 16.0. The Kier molecular flexibility index (Phi) is 7.37. The lowest BCUT2D eigenvalue weighted by atomic mass is 9.92. The maximum Gasteiger partial charge on any atom is 0.583 e. The fourth-order valence-corrected chi connectivity index (χ4v) is 1.85. The van der Waals surface area contributed by atoms with E-state index in [1.807, 2.05) is 0 Å². The molecule has 0 unspecified atom stereocenters. The SMILES string of the molecule is CC[N+]1(COC(C)C)CCCC1.F[B-](F)(F)C(F)(F)F. The van der Waals surface area contributed by atoms with Crippen LogP contribution in [0.2, 0.25) is 0 Å². The summed E-state index contributed by atoms with van der Waals surface area (Å²) in [5.74, 6) is 0. The Morgan fingerprint density at radius 3 is 1.75 bits per heavy atom. The first-order chi connectivity index (χ1) is 8.93. The van der Waals surface area contributed by atoms with Gasteiger partial charge in [-0.25, -0.2) is 13.2 Å². The van der Waals surface area contributed by atoms with Crippen molar-refractivity contribution in [3.8, 4) is 0 Å². The quantitative estimate of drug-likeness (QED) is 0.434. The smallest absolute Gasteiger partial charge is 0.443 e. The monoisotopic (exact) mass is 309 g/mol. The first-order valence-corrected chi connectivity index (χ1v) is 6.66. The van der Waals surface area contributed by atoms with Crippen molar-refractivity contribution in [1.29, 1.82) is 0 Å². The minimum absolute atomic E-state index is 0.382. The van der Waals surface area contributed by atoms with E-state index in [2.05, 4.69) is 20.8 Å². The van der Waals surface area contributed by atoms with Crippen LogP contribution >= 0.6 is 0 Å². The zero-order valence-electron chi connectivity index (χ0n) is 12.0. The molecule has 0 saturated carbocycles. The lowest BCUT2D eigenvalue weighted by Gasteiger charge is -2.33. The number of hydrogen-bond acceptors (Lipinski definition) is 1. The standard InChI is InChI=1S/C10H22NO.CBF6/c1-4-11(7-5-6-8-11)9-12-10(2)3;3-1(4,5)2(6,7)8/h10H,4-9H2,1-3H3;/q+1;-1. The summed E-state index contributed by atoms with van der Waals surface area (Å²) in [5.41, 5.74) is 0. The first kappa shape index (κ1) is 19.6. The van der Waals surface area contributed by atoms with E-state index in [-0.39, 0.29) is 0 Å². The fraction of sp³-hybridized carbons (Fsp3) is 1.00. The molecule has 1 aliphatic heterocycles. The summed E-state index contributed by atoms with van der Waals surface area (Å²) >= 11 is 0. The second kappa shape index (κ2) is 7.54. The molecular formula is C11H22BF6NO. The van der Waals surface area contributed by atoms with Crippen LogP contribution in [0, 0.1) is 0 Å². The summed E-state index contributed by atoms with van der Waals surface area (Å²) in [6.45, 7) is 4.65. The molecule has 122 valence electrons. The molecule has 2 nitrogen and oxygen atoms in total. The molecule has 20 heavy (non-hydrogen) atoms. The van der Waals surface area contributed by atoms with Gasteiger partial charge in [-0.15, -0.1) is 0 Å². The van der Waals surface area contributed by atoms with Crippen LogP contribution in [-0.4, -0.2) is 50.0 Å². The highest BCUT2D eigenvalue weighted by molar-refractivity contribution is 6.60. The Hall–Kier alpha value is -0.435. The molecule has 1 aliphatic rings. The lowest BCUT2D eigenvalue weighted by molar-refractivity contribution is -0.934. The minimum Gasteiger partial charge on any atom is -0.443 e. The second-order valence-electron chi connectivity index (χ2n) is 5.27. The Morgan fingerprint density at radius 2 is 1.50 bits per heavy atom. The molecule has 0 bridgehead atoms. The van der Waals surface area contributed by atoms with Crippen LogP contribution in [0.3, 0.4) is 0 Å². The maximum absolute atomic E-state index is 10.5. The highest BCUT2D eigenvalue weighted by atomic mass is 19.4. The van der Waals surface area contributed by atoms with E-state index >= 15 is 0 Å². The summed E-state index contributed by atoms with van der Waals surface area (Å²) < 4.78 is 69.8. The van der Waals surface area contributed by atoms with Crippen LogP contribution in [0.15, 0.2) is 0 Å². The molecule has 9 heteroatoms. The number of hydrogen-bond donors (Lipinski definition) is 0. The number of likely N-dealkylation sites (tertiary alicyclic amines) is 1. The molecule has 1 saturated heterocycles. The van der Waals surface area contributed by atoms with Crippen molar-refractivity contribution < 1.29 is 35.3 Å². The normalized spacial score (nSPS) is 18.9. The average Bonchev–Trinajstić information content (AvgIpc) is 2.74. The van der Waals surface area contributed by atoms with E-state index in [0.717, 1.165) is 6.73 Å². The molecule has 0 aromatic heterocycles. The van der Waals surface area contributed by atoms with E-state index in [1.54, 1.807) is 0 Å². The third kappa shape index (κ3) is 6.83. The maximum atomic E-state index is 10.5. The van der Waals surface area contributed by atoms with Gasteiger partial charge in [0.15, 0.2) is 6.73 Å². The van der Waals surface area contributed by atoms with Gasteiger partial charge < -0.3 is 22.2 Å². The van der Waals surface area contributed by atoms with Crippen molar-refractivity contribution in [2.45, 2.75) is 45.8 Å². The van der Waals surface area contributed by atoms with Gasteiger partial charge >= 0.3 is 13.1 Å². The van der Waals surface area contributed by atoms with Crippen LogP contribution in [0.1, 0.15) is 33.6 Å². The summed E-state index contributed by atoms with van der Waals surface area (Å²) in [6, 6.07) is 0. The van der Waals surface area contributed by atoms with Crippen molar-refractivity contribution in [3.05, 3.63) is 0 Å². The van der Waals surface area contributed by atoms with Crippen molar-refractivity contribution >= 4 is 6.98 Å². The fourth-order valence-electron chi connectivity index (χ4n) is 1.85. The summed E-state index contributed by atoms with van der Waals surface area (Å²) in [7, 11) is 0. The van der Waals surface area contributed by atoms with E-state index < -0.39 is 13.1 Å². The highest BCUT2D eigenvalue weighted by Gasteiger charge is 2.53. The third-order valence-corrected chi connectivity index (χ3v) is 3.24. The molecule has 1 rings (SSSR count). The topological polar surface area (TPSA) is 9.23 Å². The highest BCUT2D eigenvalue weighted by Crippen LogP contribution is 2.31. The summed E-state index contributed by atoms with van der Waals surface area (Å²) in [6.07, 6.45) is -2.85. The van der Waals surface area contributed by atoms with Gasteiger partial charge in [-0.3, -0.25) is 0 Å². The molecule has 0 aliphatic carbocycles. The van der Waals surface area contributed by atoms with E-state index in [0.29, 0.717) is 6.10 Å². The van der Waals surface area contributed by atoms with E-state index in [9.17, 15) is 26.1 Å². The van der Waals surface area contributed by atoms with Crippen LogP contribution in [0.5, 0.6) is 0 Å². The van der Waals surface area contributed by atoms with Gasteiger partial charge in [-0.05, 0) is 20.8 Å². The molecule has 1 heterocycles. The predicted molar refractivity (Wildman–Crippen MR) is 66.0 cm³/mol. The van der Waals surface area contributed by atoms with Gasteiger partial charge in [0.05, 0.1) is 25.7 Å². The zero-order valence-corrected chi connectivity index (χ0v) is 12.0. The van der Waals surface area contributed by atoms with Gasteiger partial charge in [0.25, 0.3) is 0 Å². The molecule has 1 fully saturated rings. The molecule has 0 aromatic rings. The molecule has 0 atom stereocenters. The van der Waals surface area contributed by atoms with Crippen molar-refractivity contribution in [3.63, 3.8) is 0 Å². The van der Waals surface area contributed by atoms with Crippen LogP contribution in [0.25, 0.3) is 0 Å². The number of nitrogens with zero attached hydrogens (tertiary/aromatic N) is 1. The minimum atomic E-state index is -6.65. The number of halogens is 6. The van der Waals surface area contributed by atoms with Crippen LogP contribution in [0.4, 0.5) is 26.1 Å². The second-order valence-corrected chi connectivity index (χ2v) is 5.27. The Morgan fingerprint density at radius 1 is 1.10 bits per heavy atom. The molecule has 0 N–H and O–H groups in total. The first-order valence-electron chi connectivity index (χ1n) is 6.66. The predicted octanol–water partition coefficient (Wildman–Crippen LogP) is 3.93. The van der Waals surface area contributed by atoms with Crippen molar-refractivity contribution in [1.82, 2.24) is 0 Å². The van der Waals surface area contributed by atoms with E-state index in [1.165, 1.54) is 37.0 Å². The third-order valence-electron chi connectivity index (χ3n) is 3.24. The van der Waals surface area contributed by atoms with Gasteiger partial charge in [-0.2, -0.15) is 0 Å². The van der Waals surface area contributed by atoms with E-state index in [4.69, 9.17) is 4.74 Å². The number of quaternary nitrogens is 1. The summed E-state index contributed by atoms with van der Waals surface area (Å²) in [4.78, 5) is 0. The Bertz CT molecular complexity index is 261. The van der Waals surface area contributed by atoms with Gasteiger partial charge in [-0.1, -0.05) is 0 Å². The summed E-state index contributed by atoms with van der Waals surface area (Å²) in [5, 5.41) is 0. The van der Waals surface area contributed by atoms with Gasteiger partial charge in [0, 0.05) is 12.8 Å². The molecule has 0 radical (unpaired) electrons. The molecule has 0 spiro atoms. The number of rotatable bonds is 4. The average molecular weight is 309 g/mol. The largest absolute Gasteiger partial charge is 0.583 e. The number of ether oxygens (including phenoxy) is 1. The lowest BCUT2D eigenvalue weighted by Crippen LogP contribution is -2.47. The van der Waals surface area contributed by atoms with Gasteiger partial charge in [0.1, 0.15) is 0 Å². The van der Waals surface area contributed by atoms with Crippen molar-refractivity contribution in [2.24, 2.45) is 0 Å². The van der Waals surface area contributed by atoms with Crippen molar-refractivity contribution in [2.75, 3.05) is 26.4 Å². The molecule has 0 amide bonds. The molecular weight excluding hydrogens is 287 g/mol. The number of alkyl halides is 3. The molecule has 0 aromatic carbocycles. The van der Waals surface area contributed by atoms with Crippen LogP contribution < -0.4 is 0 Å².